The lowest BCUT2D eigenvalue weighted by atomic mass is 10.2. The Kier molecular flexibility index (Phi) is 11.2. The lowest BCUT2D eigenvalue weighted by molar-refractivity contribution is -0.140. The Labute approximate surface area is 258 Å². The zero-order valence-electron chi connectivity index (χ0n) is 22.6. The number of halogens is 2. The third-order valence-electron chi connectivity index (χ3n) is 6.35. The number of hydrogen-bond acceptors (Lipinski definition) is 10. The first-order chi connectivity index (χ1) is 20.5. The largest absolute Gasteiger partial charge is 0.529 e. The van der Waals surface area contributed by atoms with E-state index in [0.717, 1.165) is 10.1 Å². The Morgan fingerprint density at radius 2 is 1.95 bits per heavy atom. The number of anilines is 1. The molecule has 0 amide bonds. The van der Waals surface area contributed by atoms with Gasteiger partial charge in [-0.1, -0.05) is 57.9 Å². The summed E-state index contributed by atoms with van der Waals surface area (Å²) < 4.78 is 29.2. The molecule has 0 radical (unpaired) electrons. The quantitative estimate of drug-likeness (QED) is 0.185. The number of carbonyl (C=O) groups is 1. The van der Waals surface area contributed by atoms with Gasteiger partial charge in [0.1, 0.15) is 12.3 Å². The van der Waals surface area contributed by atoms with Gasteiger partial charge < -0.3 is 14.4 Å². The van der Waals surface area contributed by atoms with Crippen LogP contribution in [0.25, 0.3) is 6.08 Å². The molecule has 1 aliphatic rings. The summed E-state index contributed by atoms with van der Waals surface area (Å²) in [5.74, 6) is -1.13. The maximum atomic E-state index is 13.0. The number of carbonyl (C=O) groups excluding carboxylic acids is 1. The van der Waals surface area contributed by atoms with Crippen LogP contribution in [0.3, 0.4) is 0 Å². The Balaban J connectivity index is 1.39. The fourth-order valence-electron chi connectivity index (χ4n) is 4.13. The van der Waals surface area contributed by atoms with Crippen LogP contribution in [0.1, 0.15) is 30.7 Å². The molecule has 13 nitrogen and oxygen atoms in total. The number of phosphoric acid groups is 1. The molecule has 2 aromatic carbocycles. The summed E-state index contributed by atoms with van der Waals surface area (Å²) in [6, 6.07) is 14.3. The first-order valence-electron chi connectivity index (χ1n) is 12.9. The predicted octanol–water partition coefficient (Wildman–Crippen LogP) is 3.89. The van der Waals surface area contributed by atoms with Crippen molar-refractivity contribution < 1.29 is 38.0 Å². The van der Waals surface area contributed by atoms with Gasteiger partial charge >= 0.3 is 19.5 Å². The van der Waals surface area contributed by atoms with Crippen LogP contribution in [0.15, 0.2) is 75.4 Å². The van der Waals surface area contributed by atoms with E-state index in [1.54, 1.807) is 24.3 Å². The second-order valence-corrected chi connectivity index (χ2v) is 11.7. The number of benzene rings is 2. The van der Waals surface area contributed by atoms with Crippen molar-refractivity contribution in [1.29, 1.82) is 0 Å². The van der Waals surface area contributed by atoms with Crippen LogP contribution in [0.5, 0.6) is 0 Å². The van der Waals surface area contributed by atoms with Gasteiger partial charge in [0.25, 0.3) is 5.56 Å². The number of hydroxylamine groups is 1. The smallest absolute Gasteiger partial charge is 0.390 e. The van der Waals surface area contributed by atoms with Crippen LogP contribution in [0.4, 0.5) is 5.69 Å². The summed E-state index contributed by atoms with van der Waals surface area (Å²) in [7, 11) is -5.00. The molecule has 2 heterocycles. The first-order valence-corrected chi connectivity index (χ1v) is 15.6. The number of nitrogens with one attached hydrogen (secondary N) is 1. The zero-order valence-corrected chi connectivity index (χ0v) is 25.9. The van der Waals surface area contributed by atoms with Crippen molar-refractivity contribution >= 4 is 53.1 Å². The highest BCUT2D eigenvalue weighted by Gasteiger charge is 2.39. The summed E-state index contributed by atoms with van der Waals surface area (Å²) in [6.07, 6.45) is -0.787. The minimum absolute atomic E-state index is 0.0821. The summed E-state index contributed by atoms with van der Waals surface area (Å²) in [5.41, 5.74) is 0.0000671. The van der Waals surface area contributed by atoms with Crippen molar-refractivity contribution in [3.63, 3.8) is 0 Å². The molecular formula is C27H28BrClN3O10P. The van der Waals surface area contributed by atoms with Gasteiger partial charge in [0.15, 0.2) is 6.04 Å². The van der Waals surface area contributed by atoms with E-state index in [0.29, 0.717) is 10.7 Å². The SMILES string of the molecule is C[C@@H](C(=O)OP(=O)(O)OC[C@H]1O[C@@H](n2cc(/C=C/Br)c(=O)[nH]c2=O)C[C@@H]1O)N(OCc1ccccc1)c1ccc(Cl)cc1. The number of aromatic amines is 1. The van der Waals surface area contributed by atoms with E-state index >= 15 is 0 Å². The Morgan fingerprint density at radius 3 is 2.63 bits per heavy atom. The summed E-state index contributed by atoms with van der Waals surface area (Å²) in [4.78, 5) is 57.0. The molecule has 0 bridgehead atoms. The van der Waals surface area contributed by atoms with Gasteiger partial charge in [0.2, 0.25) is 0 Å². The molecule has 0 saturated carbocycles. The molecule has 1 unspecified atom stereocenters. The predicted molar refractivity (Wildman–Crippen MR) is 160 cm³/mol. The Bertz CT molecular complexity index is 1600. The topological polar surface area (TPSA) is 170 Å². The van der Waals surface area contributed by atoms with Crippen LogP contribution in [-0.4, -0.2) is 50.4 Å². The second-order valence-electron chi connectivity index (χ2n) is 9.39. The number of aliphatic hydroxyl groups excluding tert-OH is 1. The van der Waals surface area contributed by atoms with Gasteiger partial charge in [-0.25, -0.2) is 19.2 Å². The Morgan fingerprint density at radius 1 is 1.26 bits per heavy atom. The number of nitrogens with zero attached hydrogens (tertiary/aromatic N) is 2. The van der Waals surface area contributed by atoms with Crippen molar-refractivity contribution in [1.82, 2.24) is 9.55 Å². The van der Waals surface area contributed by atoms with Gasteiger partial charge in [-0.15, -0.1) is 0 Å². The molecular weight excluding hydrogens is 673 g/mol. The number of H-pyrrole nitrogens is 1. The average molecular weight is 701 g/mol. The number of rotatable bonds is 12. The molecule has 1 aromatic heterocycles. The van der Waals surface area contributed by atoms with Crippen molar-refractivity contribution in [3.8, 4) is 0 Å². The average Bonchev–Trinajstić information content (AvgIpc) is 3.34. The fourth-order valence-corrected chi connectivity index (χ4v) is 5.31. The minimum atomic E-state index is -5.00. The number of phosphoric ester groups is 1. The molecule has 43 heavy (non-hydrogen) atoms. The maximum absolute atomic E-state index is 13.0. The van der Waals surface area contributed by atoms with E-state index in [1.165, 1.54) is 29.2 Å². The molecule has 230 valence electrons. The third kappa shape index (κ3) is 8.74. The van der Waals surface area contributed by atoms with Crippen LogP contribution >= 0.6 is 35.4 Å². The highest BCUT2D eigenvalue weighted by Crippen LogP contribution is 2.45. The van der Waals surface area contributed by atoms with E-state index in [1.807, 2.05) is 30.3 Å². The molecule has 0 spiro atoms. The van der Waals surface area contributed by atoms with Crippen molar-refractivity contribution in [2.75, 3.05) is 11.7 Å². The molecule has 1 saturated heterocycles. The maximum Gasteiger partial charge on any atom is 0.529 e. The van der Waals surface area contributed by atoms with Crippen LogP contribution < -0.4 is 16.3 Å². The number of hydrogen-bond donors (Lipinski definition) is 3. The monoisotopic (exact) mass is 699 g/mol. The fraction of sp³-hybridized carbons (Fsp3) is 0.296. The molecule has 3 N–H and O–H groups in total. The van der Waals surface area contributed by atoms with Gasteiger partial charge in [-0.3, -0.25) is 28.6 Å². The molecule has 4 rings (SSSR count). The Hall–Kier alpha value is -3.07. The molecule has 16 heteroatoms. The van der Waals surface area contributed by atoms with Gasteiger partial charge in [0, 0.05) is 17.6 Å². The van der Waals surface area contributed by atoms with Crippen molar-refractivity contribution in [2.24, 2.45) is 0 Å². The van der Waals surface area contributed by atoms with E-state index < -0.39 is 56.1 Å². The van der Waals surface area contributed by atoms with Crippen LogP contribution in [0.2, 0.25) is 5.02 Å². The van der Waals surface area contributed by atoms with E-state index in [9.17, 15) is 28.9 Å². The summed E-state index contributed by atoms with van der Waals surface area (Å²) >= 11 is 9.06. The van der Waals surface area contributed by atoms with Crippen molar-refractivity contribution in [3.05, 3.63) is 103 Å². The zero-order chi connectivity index (χ0) is 31.1. The summed E-state index contributed by atoms with van der Waals surface area (Å²) in [5, 5.41) is 12.1. The number of aromatic nitrogens is 2. The van der Waals surface area contributed by atoms with Gasteiger partial charge in [0.05, 0.1) is 30.6 Å². The van der Waals surface area contributed by atoms with Crippen LogP contribution in [0, 0.1) is 0 Å². The lowest BCUT2D eigenvalue weighted by Crippen LogP contribution is -2.40. The third-order valence-corrected chi connectivity index (χ3v) is 7.75. The second kappa shape index (κ2) is 14.6. The normalized spacial score (nSPS) is 20.5. The molecule has 0 aliphatic carbocycles. The van der Waals surface area contributed by atoms with Crippen LogP contribution in [-0.2, 0) is 34.6 Å². The number of ether oxygens (including phenoxy) is 1. The molecule has 1 fully saturated rings. The highest BCUT2D eigenvalue weighted by atomic mass is 79.9. The standard InChI is InChI=1S/C27H28BrClN3O10P/c1-17(32(21-9-7-20(29)8-10-21)39-15-18-5-3-2-4-6-18)26(35)42-43(37,38)40-16-23-22(33)13-24(41-23)31-14-19(11-12-28)25(34)30-27(31)36/h2-12,14,17,22-24,33H,13,15-16H2,1H3,(H,37,38)(H,30,34,36)/b12-11+/t17-,22-,23+,24+/m0/s1. The molecule has 1 aliphatic heterocycles. The highest BCUT2D eigenvalue weighted by molar-refractivity contribution is 9.11. The first kappa shape index (κ1) is 32.8. The molecule has 5 atom stereocenters. The van der Waals surface area contributed by atoms with E-state index in [4.69, 9.17) is 30.2 Å². The van der Waals surface area contributed by atoms with E-state index in [2.05, 4.69) is 20.9 Å². The lowest BCUT2D eigenvalue weighted by Gasteiger charge is -2.29. The molecule has 3 aromatic rings. The summed E-state index contributed by atoms with van der Waals surface area (Å²) in [6.45, 7) is 0.848. The van der Waals surface area contributed by atoms with Gasteiger partial charge in [-0.2, -0.15) is 0 Å². The van der Waals surface area contributed by atoms with Gasteiger partial charge in [-0.05, 0) is 47.8 Å². The number of aliphatic hydroxyl groups is 1. The van der Waals surface area contributed by atoms with E-state index in [-0.39, 0.29) is 18.6 Å². The minimum Gasteiger partial charge on any atom is -0.390 e. The van der Waals surface area contributed by atoms with Crippen molar-refractivity contribution in [2.45, 2.75) is 44.4 Å².